The van der Waals surface area contributed by atoms with Crippen LogP contribution in [0.1, 0.15) is 25.3 Å². The Morgan fingerprint density at radius 3 is 2.38 bits per heavy atom. The van der Waals surface area contributed by atoms with Gasteiger partial charge in [-0.1, -0.05) is 34.9 Å². The zero-order valence-electron chi connectivity index (χ0n) is 25.0. The summed E-state index contributed by atoms with van der Waals surface area (Å²) >= 11 is 12.2. The van der Waals surface area contributed by atoms with E-state index in [1.165, 1.54) is 23.1 Å². The molecule has 4 amide bonds. The maximum absolute atomic E-state index is 14.6. The van der Waals surface area contributed by atoms with E-state index < -0.39 is 52.6 Å². The lowest BCUT2D eigenvalue weighted by molar-refractivity contribution is -0.132. The van der Waals surface area contributed by atoms with Crippen molar-refractivity contribution in [2.45, 2.75) is 26.2 Å². The number of aromatic hydroxyl groups is 1. The average molecular weight is 674 g/mol. The average Bonchev–Trinajstić information content (AvgIpc) is 3.42. The predicted molar refractivity (Wildman–Crippen MR) is 171 cm³/mol. The van der Waals surface area contributed by atoms with Crippen LogP contribution in [0.25, 0.3) is 0 Å². The highest BCUT2D eigenvalue weighted by molar-refractivity contribution is 6.32. The van der Waals surface area contributed by atoms with E-state index in [4.69, 9.17) is 27.9 Å². The normalized spacial score (nSPS) is 29.5. The molecule has 3 aromatic rings. The third kappa shape index (κ3) is 4.25. The number of allylic oxidation sites excluding steroid dienone is 3. The predicted octanol–water partition coefficient (Wildman–Crippen LogP) is 6.62. The fourth-order valence-corrected chi connectivity index (χ4v) is 8.86. The van der Waals surface area contributed by atoms with Gasteiger partial charge in [0.05, 0.1) is 45.8 Å². The van der Waals surface area contributed by atoms with Crippen molar-refractivity contribution in [3.63, 3.8) is 0 Å². The molecule has 8 rings (SSSR count). The fraction of sp³-hybridized carbons (Fsp3) is 0.278. The maximum Gasteiger partial charge on any atom is 0.241 e. The summed E-state index contributed by atoms with van der Waals surface area (Å²) in [5.41, 5.74) is 1.49. The minimum absolute atomic E-state index is 0.0581. The minimum Gasteiger partial charge on any atom is -0.508 e. The number of rotatable bonds is 3. The number of hydrogen-bond acceptors (Lipinski definition) is 6. The van der Waals surface area contributed by atoms with Gasteiger partial charge in [0, 0.05) is 22.9 Å². The number of amides is 4. The maximum atomic E-state index is 14.6. The first-order valence-corrected chi connectivity index (χ1v) is 16.1. The highest BCUT2D eigenvalue weighted by Crippen LogP contribution is 2.63. The summed E-state index contributed by atoms with van der Waals surface area (Å²) in [4.78, 5) is 59.2. The first-order valence-electron chi connectivity index (χ1n) is 15.3. The molecular weight excluding hydrogens is 646 g/mol. The molecule has 3 heterocycles. The molecule has 1 saturated carbocycles. The molecule has 0 spiro atoms. The molecule has 8 nitrogen and oxygen atoms in total. The first-order chi connectivity index (χ1) is 22.5. The SMILES string of the molecule is C[C@@]12C(=O)N(c3ccc(F)c(Cl)c3)C(=O)[C@@H]1C[C@@H]1C(=CC[C@@H]3C(=O)N(c4ccc(Cl)cc4)C(=O)[C@@H]31)[C@@H]2C1=COc2ccc(O)cc2C1. The molecule has 0 bridgehead atoms. The second-order valence-corrected chi connectivity index (χ2v) is 13.9. The number of anilines is 2. The fourth-order valence-electron chi connectivity index (χ4n) is 8.56. The highest BCUT2D eigenvalue weighted by atomic mass is 35.5. The molecule has 0 unspecified atom stereocenters. The van der Waals surface area contributed by atoms with Gasteiger partial charge in [0.1, 0.15) is 17.3 Å². The molecule has 6 atom stereocenters. The molecule has 1 N–H and O–H groups in total. The van der Waals surface area contributed by atoms with Crippen LogP contribution in [0.15, 0.2) is 84.1 Å². The number of carbonyl (C=O) groups is 4. The van der Waals surface area contributed by atoms with Gasteiger partial charge < -0.3 is 9.84 Å². The number of phenols is 1. The second kappa shape index (κ2) is 10.5. The molecular formula is C36H27Cl2FN2O6. The van der Waals surface area contributed by atoms with Gasteiger partial charge in [0.2, 0.25) is 23.6 Å². The van der Waals surface area contributed by atoms with Gasteiger partial charge in [-0.15, -0.1) is 0 Å². The largest absolute Gasteiger partial charge is 0.508 e. The van der Waals surface area contributed by atoms with Crippen molar-refractivity contribution >= 4 is 58.2 Å². The lowest BCUT2D eigenvalue weighted by Crippen LogP contribution is -2.51. The Balaban J connectivity index is 1.25. The standard InChI is InChI=1S/C36H27Cl2FN2O6/c1-36-26(33(44)41(35(36)46)21-6-10-28(39)27(38)14-21)15-25-23(31(36)18-12-17-13-22(42)7-11-29(17)47-16-18)8-9-24-30(25)34(45)40(32(24)43)20-4-2-19(37)3-5-20/h2-8,10-11,13-14,16,24-26,30-31,42H,9,12,15H2,1H3/t24-,25+,26-,30-,31-,36+/m0/s1. The number of carbonyl (C=O) groups excluding carboxylic acids is 4. The van der Waals surface area contributed by atoms with E-state index in [1.807, 2.05) is 6.08 Å². The first kappa shape index (κ1) is 29.9. The number of fused-ring (bicyclic) bond motifs is 5. The van der Waals surface area contributed by atoms with E-state index in [9.17, 15) is 28.7 Å². The number of nitrogens with zero attached hydrogens (tertiary/aromatic N) is 2. The number of imide groups is 2. The zero-order chi connectivity index (χ0) is 32.9. The van der Waals surface area contributed by atoms with E-state index >= 15 is 0 Å². The molecule has 11 heteroatoms. The number of benzene rings is 3. The topological polar surface area (TPSA) is 104 Å². The van der Waals surface area contributed by atoms with Crippen molar-refractivity contribution < 1.29 is 33.4 Å². The van der Waals surface area contributed by atoms with E-state index in [0.717, 1.165) is 16.5 Å². The zero-order valence-corrected chi connectivity index (χ0v) is 26.5. The number of hydrogen-bond donors (Lipinski definition) is 1. The molecule has 47 heavy (non-hydrogen) atoms. The van der Waals surface area contributed by atoms with Gasteiger partial charge in [-0.3, -0.25) is 24.1 Å². The van der Waals surface area contributed by atoms with Crippen molar-refractivity contribution in [1.29, 1.82) is 0 Å². The monoisotopic (exact) mass is 672 g/mol. The lowest BCUT2D eigenvalue weighted by atomic mass is 9.51. The molecule has 0 aromatic heterocycles. The molecule has 5 aliphatic rings. The van der Waals surface area contributed by atoms with E-state index in [0.29, 0.717) is 34.0 Å². The van der Waals surface area contributed by atoms with Crippen molar-refractivity contribution in [2.24, 2.45) is 35.0 Å². The summed E-state index contributed by atoms with van der Waals surface area (Å²) in [5.74, 6) is -5.14. The Morgan fingerprint density at radius 2 is 1.64 bits per heavy atom. The summed E-state index contributed by atoms with van der Waals surface area (Å²) < 4.78 is 20.2. The number of halogens is 3. The van der Waals surface area contributed by atoms with Gasteiger partial charge >= 0.3 is 0 Å². The van der Waals surface area contributed by atoms with E-state index in [-0.39, 0.29) is 41.1 Å². The molecule has 3 fully saturated rings. The molecule has 3 aromatic carbocycles. The van der Waals surface area contributed by atoms with Crippen molar-refractivity contribution in [3.05, 3.63) is 106 Å². The van der Waals surface area contributed by atoms with Crippen LogP contribution in [-0.2, 0) is 25.6 Å². The molecule has 238 valence electrons. The van der Waals surface area contributed by atoms with Gasteiger partial charge in [0.15, 0.2) is 0 Å². The molecule has 3 aliphatic heterocycles. The van der Waals surface area contributed by atoms with Gasteiger partial charge in [-0.05, 0) is 91.9 Å². The van der Waals surface area contributed by atoms with Gasteiger partial charge in [0.25, 0.3) is 0 Å². The van der Waals surface area contributed by atoms with Gasteiger partial charge in [-0.25, -0.2) is 9.29 Å². The van der Waals surface area contributed by atoms with Crippen molar-refractivity contribution in [3.8, 4) is 11.5 Å². The highest BCUT2D eigenvalue weighted by Gasteiger charge is 2.68. The molecule has 2 saturated heterocycles. The van der Waals surface area contributed by atoms with Crippen molar-refractivity contribution in [1.82, 2.24) is 0 Å². The van der Waals surface area contributed by atoms with Crippen LogP contribution in [0.3, 0.4) is 0 Å². The van der Waals surface area contributed by atoms with E-state index in [1.54, 1.807) is 49.6 Å². The lowest BCUT2D eigenvalue weighted by Gasteiger charge is -2.49. The van der Waals surface area contributed by atoms with Crippen LogP contribution < -0.4 is 14.5 Å². The quantitative estimate of drug-likeness (QED) is 0.248. The Bertz CT molecular complexity index is 1990. The molecule has 2 aliphatic carbocycles. The third-order valence-electron chi connectivity index (χ3n) is 10.7. The Labute approximate surface area is 279 Å². The van der Waals surface area contributed by atoms with Crippen LogP contribution in [0, 0.1) is 40.8 Å². The van der Waals surface area contributed by atoms with E-state index in [2.05, 4.69) is 0 Å². The van der Waals surface area contributed by atoms with Crippen LogP contribution in [0.4, 0.5) is 15.8 Å². The summed E-state index contributed by atoms with van der Waals surface area (Å²) in [6.07, 6.45) is 4.33. The number of ether oxygens (including phenoxy) is 1. The van der Waals surface area contributed by atoms with Crippen LogP contribution >= 0.6 is 23.2 Å². The summed E-state index contributed by atoms with van der Waals surface area (Å²) in [7, 11) is 0. The van der Waals surface area contributed by atoms with Gasteiger partial charge in [-0.2, -0.15) is 0 Å². The summed E-state index contributed by atoms with van der Waals surface area (Å²) in [6.45, 7) is 1.76. The Hall–Kier alpha value is -4.47. The Kier molecular flexibility index (Phi) is 6.69. The van der Waals surface area contributed by atoms with Crippen LogP contribution in [0.2, 0.25) is 10.0 Å². The molecule has 0 radical (unpaired) electrons. The smallest absolute Gasteiger partial charge is 0.241 e. The second-order valence-electron chi connectivity index (χ2n) is 13.0. The minimum atomic E-state index is -1.31. The summed E-state index contributed by atoms with van der Waals surface area (Å²) in [5, 5.41) is 10.5. The summed E-state index contributed by atoms with van der Waals surface area (Å²) in [6, 6.07) is 15.0. The Morgan fingerprint density at radius 1 is 0.894 bits per heavy atom. The van der Waals surface area contributed by atoms with Crippen LogP contribution in [-0.4, -0.2) is 28.7 Å². The van der Waals surface area contributed by atoms with Crippen molar-refractivity contribution in [2.75, 3.05) is 9.80 Å². The number of phenolic OH excluding ortho intramolecular Hbond substituents is 1. The van der Waals surface area contributed by atoms with Crippen LogP contribution in [0.5, 0.6) is 11.5 Å². The third-order valence-corrected chi connectivity index (χ3v) is 11.2.